The SMILES string of the molecule is CC(NC(=O)c1csc(N)n1)C(C)C(=O)O. The lowest BCUT2D eigenvalue weighted by atomic mass is 10.0. The molecule has 0 aliphatic carbocycles. The van der Waals surface area contributed by atoms with Crippen LogP contribution in [0.4, 0.5) is 5.13 Å². The maximum Gasteiger partial charge on any atom is 0.308 e. The molecular formula is C9H13N3O3S. The fraction of sp³-hybridized carbons (Fsp3) is 0.444. The molecule has 0 spiro atoms. The number of aromatic nitrogens is 1. The standard InChI is InChI=1S/C9H13N3O3S/c1-4(8(14)15)5(2)11-7(13)6-3-16-9(10)12-6/h3-5H,1-2H3,(H2,10,12)(H,11,13)(H,14,15). The molecule has 7 heteroatoms. The van der Waals surface area contributed by atoms with Crippen molar-refractivity contribution in [2.24, 2.45) is 5.92 Å². The van der Waals surface area contributed by atoms with Gasteiger partial charge in [0.2, 0.25) is 0 Å². The van der Waals surface area contributed by atoms with E-state index in [-0.39, 0.29) is 5.69 Å². The maximum absolute atomic E-state index is 11.6. The number of nitrogens with two attached hydrogens (primary N) is 1. The highest BCUT2D eigenvalue weighted by atomic mass is 32.1. The molecule has 1 aromatic rings. The first kappa shape index (κ1) is 12.4. The largest absolute Gasteiger partial charge is 0.481 e. The van der Waals surface area contributed by atoms with Crippen LogP contribution in [0, 0.1) is 5.92 Å². The minimum atomic E-state index is -0.953. The number of anilines is 1. The summed E-state index contributed by atoms with van der Waals surface area (Å²) in [5, 5.41) is 13.2. The van der Waals surface area contributed by atoms with Crippen molar-refractivity contribution in [1.82, 2.24) is 10.3 Å². The minimum absolute atomic E-state index is 0.215. The number of carbonyl (C=O) groups excluding carboxylic acids is 1. The van der Waals surface area contributed by atoms with Gasteiger partial charge in [0.25, 0.3) is 5.91 Å². The Kier molecular flexibility index (Phi) is 3.83. The van der Waals surface area contributed by atoms with Gasteiger partial charge in [0, 0.05) is 11.4 Å². The Morgan fingerprint density at radius 3 is 2.62 bits per heavy atom. The molecule has 16 heavy (non-hydrogen) atoms. The predicted octanol–water partition coefficient (Wildman–Crippen LogP) is 0.564. The summed E-state index contributed by atoms with van der Waals surface area (Å²) in [6.07, 6.45) is 0. The first-order valence-electron chi connectivity index (χ1n) is 4.66. The first-order chi connectivity index (χ1) is 7.41. The van der Waals surface area contributed by atoms with Gasteiger partial charge in [-0.25, -0.2) is 4.98 Å². The number of hydrogen-bond donors (Lipinski definition) is 3. The topological polar surface area (TPSA) is 105 Å². The number of carbonyl (C=O) groups is 2. The highest BCUT2D eigenvalue weighted by Crippen LogP contribution is 2.11. The van der Waals surface area contributed by atoms with Crippen LogP contribution in [-0.4, -0.2) is 28.0 Å². The van der Waals surface area contributed by atoms with Gasteiger partial charge in [0.1, 0.15) is 5.69 Å². The van der Waals surface area contributed by atoms with Crippen LogP contribution in [0.5, 0.6) is 0 Å². The molecule has 0 bridgehead atoms. The summed E-state index contributed by atoms with van der Waals surface area (Å²) in [5.74, 6) is -2.01. The molecule has 2 atom stereocenters. The number of amides is 1. The zero-order valence-electron chi connectivity index (χ0n) is 8.93. The Bertz CT molecular complexity index is 404. The van der Waals surface area contributed by atoms with E-state index in [1.165, 1.54) is 12.3 Å². The van der Waals surface area contributed by atoms with Crippen molar-refractivity contribution in [1.29, 1.82) is 0 Å². The molecule has 1 heterocycles. The van der Waals surface area contributed by atoms with Crippen molar-refractivity contribution in [2.75, 3.05) is 5.73 Å². The average Bonchev–Trinajstić information content (AvgIpc) is 2.63. The molecule has 1 amide bonds. The number of nitrogens with zero attached hydrogens (tertiary/aromatic N) is 1. The third-order valence-electron chi connectivity index (χ3n) is 2.25. The Morgan fingerprint density at radius 1 is 1.56 bits per heavy atom. The summed E-state index contributed by atoms with van der Waals surface area (Å²) < 4.78 is 0. The normalized spacial score (nSPS) is 14.1. The number of carboxylic acid groups (broad SMARTS) is 1. The van der Waals surface area contributed by atoms with Crippen molar-refractivity contribution in [3.63, 3.8) is 0 Å². The third kappa shape index (κ3) is 2.93. The van der Waals surface area contributed by atoms with Crippen LogP contribution in [0.25, 0.3) is 0 Å². The van der Waals surface area contributed by atoms with Crippen LogP contribution >= 0.6 is 11.3 Å². The monoisotopic (exact) mass is 243 g/mol. The number of carboxylic acids is 1. The Hall–Kier alpha value is -1.63. The number of rotatable bonds is 4. The van der Waals surface area contributed by atoms with E-state index in [4.69, 9.17) is 10.8 Å². The number of thiazole rings is 1. The summed E-state index contributed by atoms with van der Waals surface area (Å²) in [4.78, 5) is 26.1. The summed E-state index contributed by atoms with van der Waals surface area (Å²) >= 11 is 1.16. The molecular weight excluding hydrogens is 230 g/mol. The van der Waals surface area contributed by atoms with Gasteiger partial charge < -0.3 is 16.2 Å². The lowest BCUT2D eigenvalue weighted by Gasteiger charge is -2.16. The third-order valence-corrected chi connectivity index (χ3v) is 2.93. The van der Waals surface area contributed by atoms with Crippen molar-refractivity contribution in [3.05, 3.63) is 11.1 Å². The van der Waals surface area contributed by atoms with E-state index in [9.17, 15) is 9.59 Å². The van der Waals surface area contributed by atoms with Crippen LogP contribution in [0.3, 0.4) is 0 Å². The quantitative estimate of drug-likeness (QED) is 0.716. The number of hydrogen-bond acceptors (Lipinski definition) is 5. The molecule has 0 aliphatic rings. The van der Waals surface area contributed by atoms with Gasteiger partial charge in [-0.3, -0.25) is 9.59 Å². The van der Waals surface area contributed by atoms with Gasteiger partial charge in [-0.1, -0.05) is 0 Å². The molecule has 0 aromatic carbocycles. The molecule has 0 saturated heterocycles. The number of nitrogens with one attached hydrogen (secondary N) is 1. The van der Waals surface area contributed by atoms with Crippen LogP contribution < -0.4 is 11.1 Å². The van der Waals surface area contributed by atoms with E-state index < -0.39 is 23.8 Å². The Morgan fingerprint density at radius 2 is 2.19 bits per heavy atom. The van der Waals surface area contributed by atoms with Gasteiger partial charge in [-0.2, -0.15) is 0 Å². The molecule has 6 nitrogen and oxygen atoms in total. The van der Waals surface area contributed by atoms with E-state index in [2.05, 4.69) is 10.3 Å². The number of aliphatic carboxylic acids is 1. The number of nitrogen functional groups attached to an aromatic ring is 1. The molecule has 2 unspecified atom stereocenters. The summed E-state index contributed by atoms with van der Waals surface area (Å²) in [6, 6.07) is -0.465. The Labute approximate surface area is 96.5 Å². The molecule has 4 N–H and O–H groups in total. The van der Waals surface area contributed by atoms with E-state index in [1.807, 2.05) is 0 Å². The summed E-state index contributed by atoms with van der Waals surface area (Å²) in [7, 11) is 0. The van der Waals surface area contributed by atoms with E-state index >= 15 is 0 Å². The second-order valence-corrected chi connectivity index (χ2v) is 4.35. The fourth-order valence-corrected chi connectivity index (χ4v) is 1.55. The molecule has 0 fully saturated rings. The summed E-state index contributed by atoms with van der Waals surface area (Å²) in [5.41, 5.74) is 5.60. The van der Waals surface area contributed by atoms with E-state index in [0.717, 1.165) is 11.3 Å². The second-order valence-electron chi connectivity index (χ2n) is 3.46. The second kappa shape index (κ2) is 4.93. The van der Waals surface area contributed by atoms with Crippen LogP contribution in [-0.2, 0) is 4.79 Å². The Balaban J connectivity index is 2.61. The zero-order chi connectivity index (χ0) is 12.3. The molecule has 0 saturated carbocycles. The minimum Gasteiger partial charge on any atom is -0.481 e. The van der Waals surface area contributed by atoms with Crippen LogP contribution in [0.15, 0.2) is 5.38 Å². The molecule has 0 aliphatic heterocycles. The zero-order valence-corrected chi connectivity index (χ0v) is 9.75. The fourth-order valence-electron chi connectivity index (χ4n) is 1.01. The molecule has 0 radical (unpaired) electrons. The van der Waals surface area contributed by atoms with Gasteiger partial charge in [0.05, 0.1) is 5.92 Å². The van der Waals surface area contributed by atoms with Crippen molar-refractivity contribution in [2.45, 2.75) is 19.9 Å². The van der Waals surface area contributed by atoms with Crippen LogP contribution in [0.1, 0.15) is 24.3 Å². The molecule has 1 aromatic heterocycles. The highest BCUT2D eigenvalue weighted by molar-refractivity contribution is 7.13. The highest BCUT2D eigenvalue weighted by Gasteiger charge is 2.22. The van der Waals surface area contributed by atoms with E-state index in [1.54, 1.807) is 6.92 Å². The van der Waals surface area contributed by atoms with Gasteiger partial charge in [-0.15, -0.1) is 11.3 Å². The smallest absolute Gasteiger partial charge is 0.308 e. The van der Waals surface area contributed by atoms with Gasteiger partial charge in [-0.05, 0) is 13.8 Å². The lowest BCUT2D eigenvalue weighted by molar-refractivity contribution is -0.141. The summed E-state index contributed by atoms with van der Waals surface area (Å²) in [6.45, 7) is 3.16. The molecule has 88 valence electrons. The van der Waals surface area contributed by atoms with Crippen LogP contribution in [0.2, 0.25) is 0 Å². The molecule has 1 rings (SSSR count). The van der Waals surface area contributed by atoms with Gasteiger partial charge in [0.15, 0.2) is 5.13 Å². The maximum atomic E-state index is 11.6. The van der Waals surface area contributed by atoms with Crippen molar-refractivity contribution >= 4 is 28.3 Å². The van der Waals surface area contributed by atoms with Crippen molar-refractivity contribution < 1.29 is 14.7 Å². The average molecular weight is 243 g/mol. The first-order valence-corrected chi connectivity index (χ1v) is 5.54. The van der Waals surface area contributed by atoms with E-state index in [0.29, 0.717) is 5.13 Å². The van der Waals surface area contributed by atoms with Gasteiger partial charge >= 0.3 is 5.97 Å². The lowest BCUT2D eigenvalue weighted by Crippen LogP contribution is -2.40. The van der Waals surface area contributed by atoms with Crippen molar-refractivity contribution in [3.8, 4) is 0 Å². The predicted molar refractivity (Wildman–Crippen MR) is 60.3 cm³/mol.